The third kappa shape index (κ3) is 5.03. The quantitative estimate of drug-likeness (QED) is 0.807. The molecule has 0 amide bonds. The number of anilines is 1. The summed E-state index contributed by atoms with van der Waals surface area (Å²) in [6, 6.07) is 3.43. The number of carboxylic acid groups (broad SMARTS) is 1. The van der Waals surface area contributed by atoms with Gasteiger partial charge < -0.3 is 10.4 Å². The monoisotopic (exact) mass is 296 g/mol. The van der Waals surface area contributed by atoms with Gasteiger partial charge in [0.05, 0.1) is 17.6 Å². The Morgan fingerprint density at radius 1 is 1.33 bits per heavy atom. The Hall–Kier alpha value is -2.16. The molecule has 114 valence electrons. The Morgan fingerprint density at radius 3 is 2.38 bits per heavy atom. The van der Waals surface area contributed by atoms with Gasteiger partial charge in [-0.2, -0.15) is 5.26 Å². The van der Waals surface area contributed by atoms with E-state index in [1.807, 2.05) is 0 Å². The van der Waals surface area contributed by atoms with E-state index in [-0.39, 0.29) is 17.3 Å². The van der Waals surface area contributed by atoms with Gasteiger partial charge in [-0.15, -0.1) is 0 Å². The van der Waals surface area contributed by atoms with Crippen LogP contribution in [0, 0.1) is 28.9 Å². The van der Waals surface area contributed by atoms with Gasteiger partial charge in [0, 0.05) is 6.04 Å². The van der Waals surface area contributed by atoms with Crippen LogP contribution in [-0.2, 0) is 4.79 Å². The van der Waals surface area contributed by atoms with Gasteiger partial charge in [-0.1, -0.05) is 13.3 Å². The van der Waals surface area contributed by atoms with Crippen molar-refractivity contribution >= 4 is 11.7 Å². The van der Waals surface area contributed by atoms with Gasteiger partial charge in [0.2, 0.25) is 0 Å². The van der Waals surface area contributed by atoms with Gasteiger partial charge in [-0.25, -0.2) is 8.78 Å². The van der Waals surface area contributed by atoms with Crippen LogP contribution in [0.1, 0.15) is 38.7 Å². The van der Waals surface area contributed by atoms with E-state index in [2.05, 4.69) is 5.32 Å². The predicted molar refractivity (Wildman–Crippen MR) is 74.8 cm³/mol. The van der Waals surface area contributed by atoms with Crippen molar-refractivity contribution in [2.75, 3.05) is 5.32 Å². The molecule has 0 spiro atoms. The third-order valence-corrected chi connectivity index (χ3v) is 3.26. The molecule has 0 aliphatic rings. The van der Waals surface area contributed by atoms with Crippen LogP contribution in [0.25, 0.3) is 0 Å². The maximum absolute atomic E-state index is 13.7. The smallest absolute Gasteiger partial charge is 0.306 e. The normalized spacial score (nSPS) is 13.3. The Balaban J connectivity index is 2.58. The Bertz CT molecular complexity index is 532. The molecule has 2 unspecified atom stereocenters. The standard InChI is InChI=1S/C15H18F2N2O2/c1-9(15(20)21)4-3-5-10(2)19-14-12(16)6-11(8-18)7-13(14)17/h6-7,9-10,19H,3-5H2,1-2H3,(H,20,21). The number of nitrogens with one attached hydrogen (secondary N) is 1. The third-order valence-electron chi connectivity index (χ3n) is 3.26. The molecule has 1 aromatic carbocycles. The van der Waals surface area contributed by atoms with Crippen molar-refractivity contribution in [2.24, 2.45) is 5.92 Å². The summed E-state index contributed by atoms with van der Waals surface area (Å²) >= 11 is 0. The van der Waals surface area contributed by atoms with Crippen LogP contribution in [0.4, 0.5) is 14.5 Å². The second-order valence-electron chi connectivity index (χ2n) is 5.14. The number of rotatable bonds is 7. The number of benzene rings is 1. The average molecular weight is 296 g/mol. The van der Waals surface area contributed by atoms with Crippen molar-refractivity contribution in [1.29, 1.82) is 5.26 Å². The van der Waals surface area contributed by atoms with E-state index in [0.717, 1.165) is 12.1 Å². The predicted octanol–water partition coefficient (Wildman–Crippen LogP) is 3.53. The minimum atomic E-state index is -0.847. The van der Waals surface area contributed by atoms with Crippen LogP contribution < -0.4 is 5.32 Å². The number of hydrogen-bond donors (Lipinski definition) is 2. The SMILES string of the molecule is CC(CCCC(C)C(=O)O)Nc1c(F)cc(C#N)cc1F. The number of carbonyl (C=O) groups is 1. The lowest BCUT2D eigenvalue weighted by molar-refractivity contribution is -0.141. The van der Waals surface area contributed by atoms with Gasteiger partial charge in [0.25, 0.3) is 0 Å². The molecule has 0 radical (unpaired) electrons. The van der Waals surface area contributed by atoms with E-state index in [4.69, 9.17) is 10.4 Å². The van der Waals surface area contributed by atoms with Crippen LogP contribution in [-0.4, -0.2) is 17.1 Å². The lowest BCUT2D eigenvalue weighted by atomic mass is 10.0. The number of hydrogen-bond acceptors (Lipinski definition) is 3. The molecular formula is C15H18F2N2O2. The van der Waals surface area contributed by atoms with Gasteiger partial charge in [0.15, 0.2) is 11.6 Å². The van der Waals surface area contributed by atoms with E-state index >= 15 is 0 Å². The van der Waals surface area contributed by atoms with Gasteiger partial charge in [0.1, 0.15) is 5.69 Å². The zero-order valence-corrected chi connectivity index (χ0v) is 12.0. The first-order valence-corrected chi connectivity index (χ1v) is 6.73. The van der Waals surface area contributed by atoms with Gasteiger partial charge in [-0.3, -0.25) is 4.79 Å². The highest BCUT2D eigenvalue weighted by Crippen LogP contribution is 2.22. The maximum atomic E-state index is 13.7. The molecule has 0 heterocycles. The second kappa shape index (κ2) is 7.58. The lowest BCUT2D eigenvalue weighted by Gasteiger charge is -2.17. The van der Waals surface area contributed by atoms with E-state index in [9.17, 15) is 13.6 Å². The molecule has 0 fully saturated rings. The summed E-state index contributed by atoms with van der Waals surface area (Å²) < 4.78 is 27.4. The minimum absolute atomic E-state index is 0.0708. The summed E-state index contributed by atoms with van der Waals surface area (Å²) in [5, 5.41) is 20.1. The summed E-state index contributed by atoms with van der Waals surface area (Å²) in [5.74, 6) is -2.89. The molecule has 4 nitrogen and oxygen atoms in total. The molecule has 0 bridgehead atoms. The molecule has 2 atom stereocenters. The number of carboxylic acids is 1. The average Bonchev–Trinajstić information content (AvgIpc) is 2.42. The maximum Gasteiger partial charge on any atom is 0.306 e. The van der Waals surface area contributed by atoms with Crippen molar-refractivity contribution in [1.82, 2.24) is 0 Å². The molecule has 2 N–H and O–H groups in total. The van der Waals surface area contributed by atoms with Crippen molar-refractivity contribution in [3.8, 4) is 6.07 Å². The van der Waals surface area contributed by atoms with E-state index in [1.165, 1.54) is 0 Å². The molecule has 0 aliphatic carbocycles. The summed E-state index contributed by atoms with van der Waals surface area (Å²) in [7, 11) is 0. The first-order chi connectivity index (χ1) is 9.85. The Morgan fingerprint density at radius 2 is 1.90 bits per heavy atom. The second-order valence-corrected chi connectivity index (χ2v) is 5.14. The fourth-order valence-corrected chi connectivity index (χ4v) is 1.95. The van der Waals surface area contributed by atoms with Crippen molar-refractivity contribution in [3.05, 3.63) is 29.3 Å². The van der Waals surface area contributed by atoms with Crippen molar-refractivity contribution in [2.45, 2.75) is 39.2 Å². The molecule has 1 aromatic rings. The summed E-state index contributed by atoms with van der Waals surface area (Å²) in [4.78, 5) is 10.7. The number of halogens is 2. The van der Waals surface area contributed by atoms with Gasteiger partial charge in [-0.05, 0) is 31.9 Å². The van der Waals surface area contributed by atoms with Crippen LogP contribution in [0.5, 0.6) is 0 Å². The first kappa shape index (κ1) is 16.9. The van der Waals surface area contributed by atoms with Crippen molar-refractivity contribution < 1.29 is 18.7 Å². The molecule has 0 aliphatic heterocycles. The fourth-order valence-electron chi connectivity index (χ4n) is 1.95. The van der Waals surface area contributed by atoms with Crippen LogP contribution in [0.3, 0.4) is 0 Å². The van der Waals surface area contributed by atoms with Crippen molar-refractivity contribution in [3.63, 3.8) is 0 Å². The van der Waals surface area contributed by atoms with E-state index in [1.54, 1.807) is 19.9 Å². The molecule has 21 heavy (non-hydrogen) atoms. The Kier molecular flexibility index (Phi) is 6.10. The highest BCUT2D eigenvalue weighted by molar-refractivity contribution is 5.69. The highest BCUT2D eigenvalue weighted by atomic mass is 19.1. The zero-order chi connectivity index (χ0) is 16.0. The van der Waals surface area contributed by atoms with Crippen LogP contribution in [0.2, 0.25) is 0 Å². The highest BCUT2D eigenvalue weighted by Gasteiger charge is 2.15. The molecule has 6 heteroatoms. The lowest BCUT2D eigenvalue weighted by Crippen LogP contribution is -2.18. The number of nitriles is 1. The zero-order valence-electron chi connectivity index (χ0n) is 12.0. The fraction of sp³-hybridized carbons (Fsp3) is 0.467. The summed E-state index contributed by atoms with van der Waals surface area (Å²) in [6.45, 7) is 3.39. The molecule has 0 aromatic heterocycles. The largest absolute Gasteiger partial charge is 0.481 e. The van der Waals surface area contributed by atoms with E-state index < -0.39 is 23.5 Å². The summed E-state index contributed by atoms with van der Waals surface area (Å²) in [5.41, 5.74) is -0.328. The number of aliphatic carboxylic acids is 1. The molecular weight excluding hydrogens is 278 g/mol. The minimum Gasteiger partial charge on any atom is -0.481 e. The van der Waals surface area contributed by atoms with Crippen LogP contribution >= 0.6 is 0 Å². The van der Waals surface area contributed by atoms with Crippen LogP contribution in [0.15, 0.2) is 12.1 Å². The summed E-state index contributed by atoms with van der Waals surface area (Å²) in [6.07, 6.45) is 1.75. The number of nitrogens with zero attached hydrogens (tertiary/aromatic N) is 1. The molecule has 1 rings (SSSR count). The molecule has 0 saturated heterocycles. The first-order valence-electron chi connectivity index (χ1n) is 6.73. The Labute approximate surface area is 122 Å². The topological polar surface area (TPSA) is 73.1 Å². The van der Waals surface area contributed by atoms with Gasteiger partial charge >= 0.3 is 5.97 Å². The van der Waals surface area contributed by atoms with E-state index in [0.29, 0.717) is 19.3 Å². The molecule has 0 saturated carbocycles.